The Morgan fingerprint density at radius 3 is 2.46 bits per heavy atom. The van der Waals surface area contributed by atoms with Gasteiger partial charge in [-0.25, -0.2) is 9.18 Å². The molecule has 0 saturated heterocycles. The van der Waals surface area contributed by atoms with Gasteiger partial charge in [-0.3, -0.25) is 9.59 Å². The fourth-order valence-electron chi connectivity index (χ4n) is 2.60. The van der Waals surface area contributed by atoms with Gasteiger partial charge in [-0.2, -0.15) is 0 Å². The number of carbonyl (C=O) groups excluding carboxylic acids is 3. The van der Waals surface area contributed by atoms with Crippen LogP contribution in [0.4, 0.5) is 4.39 Å². The number of carbonyl (C=O) groups is 3. The molecule has 0 amide bonds. The smallest absolute Gasteiger partial charge is 0.340 e. The Balaban J connectivity index is 2.02. The Bertz CT molecular complexity index is 840. The minimum absolute atomic E-state index is 0.184. The minimum atomic E-state index is -0.713. The molecule has 1 heterocycles. The molecule has 0 spiro atoms. The summed E-state index contributed by atoms with van der Waals surface area (Å²) in [5.74, 6) is -2.22. The second-order valence-corrected chi connectivity index (χ2v) is 5.70. The van der Waals surface area contributed by atoms with Crippen molar-refractivity contribution in [1.82, 2.24) is 4.98 Å². The highest BCUT2D eigenvalue weighted by Crippen LogP contribution is 2.19. The molecule has 0 saturated carbocycles. The molecular formula is C19H20FNO5. The highest BCUT2D eigenvalue weighted by molar-refractivity contribution is 6.02. The number of Topliss-reactive ketones (excluding diaryl/α,β-unsaturated/α-hetero) is 1. The quantitative estimate of drug-likeness (QED) is 0.605. The molecule has 0 aliphatic heterocycles. The van der Waals surface area contributed by atoms with Crippen LogP contribution in [0, 0.1) is 19.7 Å². The molecule has 0 unspecified atom stereocenters. The highest BCUT2D eigenvalue weighted by Gasteiger charge is 2.23. The van der Waals surface area contributed by atoms with Crippen LogP contribution in [0.3, 0.4) is 0 Å². The van der Waals surface area contributed by atoms with Crippen LogP contribution >= 0.6 is 0 Å². The normalized spacial score (nSPS) is 10.5. The zero-order chi connectivity index (χ0) is 19.3. The molecule has 0 radical (unpaired) electrons. The molecular weight excluding hydrogens is 341 g/mol. The molecule has 0 bridgehead atoms. The molecule has 0 aliphatic rings. The topological polar surface area (TPSA) is 85.5 Å². The number of ketones is 1. The van der Waals surface area contributed by atoms with E-state index >= 15 is 0 Å². The van der Waals surface area contributed by atoms with E-state index in [0.29, 0.717) is 16.8 Å². The Labute approximate surface area is 150 Å². The zero-order valence-electron chi connectivity index (χ0n) is 14.8. The molecule has 7 heteroatoms. The van der Waals surface area contributed by atoms with E-state index in [4.69, 9.17) is 9.47 Å². The Morgan fingerprint density at radius 1 is 1.12 bits per heavy atom. The van der Waals surface area contributed by atoms with Gasteiger partial charge in [0.05, 0.1) is 24.3 Å². The van der Waals surface area contributed by atoms with Crippen molar-refractivity contribution in [3.05, 3.63) is 58.2 Å². The van der Waals surface area contributed by atoms with Gasteiger partial charge in [-0.15, -0.1) is 0 Å². The van der Waals surface area contributed by atoms with Crippen LogP contribution in [-0.2, 0) is 20.7 Å². The average molecular weight is 361 g/mol. The summed E-state index contributed by atoms with van der Waals surface area (Å²) in [5.41, 5.74) is 1.62. The Kier molecular flexibility index (Phi) is 6.27. The molecule has 26 heavy (non-hydrogen) atoms. The lowest BCUT2D eigenvalue weighted by Crippen LogP contribution is -2.17. The third-order valence-corrected chi connectivity index (χ3v) is 3.85. The number of hydrogen-bond acceptors (Lipinski definition) is 5. The standard InChI is InChI=1S/C19H20FNO5/c1-4-25-19(24)17-11(2)18(21-12(17)3)15(22)10-26-16(23)9-13-7-5-6-8-14(13)20/h5-8,21H,4,9-10H2,1-3H3. The highest BCUT2D eigenvalue weighted by atomic mass is 19.1. The van der Waals surface area contributed by atoms with E-state index in [0.717, 1.165) is 0 Å². The monoisotopic (exact) mass is 361 g/mol. The maximum atomic E-state index is 13.5. The van der Waals surface area contributed by atoms with E-state index in [1.165, 1.54) is 18.2 Å². The van der Waals surface area contributed by atoms with E-state index in [1.54, 1.807) is 26.8 Å². The van der Waals surface area contributed by atoms with Gasteiger partial charge in [-0.05, 0) is 38.0 Å². The number of ether oxygens (including phenoxy) is 2. The van der Waals surface area contributed by atoms with Gasteiger partial charge in [0.15, 0.2) is 6.61 Å². The van der Waals surface area contributed by atoms with Crippen LogP contribution < -0.4 is 0 Å². The third-order valence-electron chi connectivity index (χ3n) is 3.85. The van der Waals surface area contributed by atoms with Crippen LogP contribution in [0.25, 0.3) is 0 Å². The fourth-order valence-corrected chi connectivity index (χ4v) is 2.60. The van der Waals surface area contributed by atoms with Crippen LogP contribution in [0.1, 0.15) is 44.6 Å². The number of nitrogens with one attached hydrogen (secondary N) is 1. The molecule has 1 N–H and O–H groups in total. The van der Waals surface area contributed by atoms with E-state index in [-0.39, 0.29) is 24.3 Å². The summed E-state index contributed by atoms with van der Waals surface area (Å²) in [5, 5.41) is 0. The first-order chi connectivity index (χ1) is 12.3. The number of aromatic nitrogens is 1. The Morgan fingerprint density at radius 2 is 1.81 bits per heavy atom. The lowest BCUT2D eigenvalue weighted by molar-refractivity contribution is -0.141. The molecule has 2 aromatic rings. The van der Waals surface area contributed by atoms with Crippen molar-refractivity contribution in [3.8, 4) is 0 Å². The van der Waals surface area contributed by atoms with Crippen LogP contribution in [0.5, 0.6) is 0 Å². The number of H-pyrrole nitrogens is 1. The molecule has 2 rings (SSSR count). The van der Waals surface area contributed by atoms with Crippen molar-refractivity contribution >= 4 is 17.7 Å². The predicted molar refractivity (Wildman–Crippen MR) is 91.6 cm³/mol. The lowest BCUT2D eigenvalue weighted by atomic mass is 10.1. The van der Waals surface area contributed by atoms with Gasteiger partial charge in [0.2, 0.25) is 5.78 Å². The maximum Gasteiger partial charge on any atom is 0.340 e. The second kappa shape index (κ2) is 8.42. The first-order valence-corrected chi connectivity index (χ1v) is 8.13. The maximum absolute atomic E-state index is 13.5. The summed E-state index contributed by atoms with van der Waals surface area (Å²) in [6.45, 7) is 4.68. The largest absolute Gasteiger partial charge is 0.462 e. The van der Waals surface area contributed by atoms with E-state index in [1.807, 2.05) is 0 Å². The minimum Gasteiger partial charge on any atom is -0.462 e. The number of hydrogen-bond donors (Lipinski definition) is 1. The summed E-state index contributed by atoms with van der Waals surface area (Å²) in [4.78, 5) is 38.9. The van der Waals surface area contributed by atoms with Crippen molar-refractivity contribution in [2.45, 2.75) is 27.2 Å². The number of benzene rings is 1. The van der Waals surface area contributed by atoms with E-state index in [2.05, 4.69) is 4.98 Å². The van der Waals surface area contributed by atoms with Gasteiger partial charge in [0.1, 0.15) is 5.82 Å². The molecule has 0 fully saturated rings. The van der Waals surface area contributed by atoms with E-state index < -0.39 is 30.1 Å². The summed E-state index contributed by atoms with van der Waals surface area (Å²) >= 11 is 0. The van der Waals surface area contributed by atoms with Gasteiger partial charge in [0, 0.05) is 5.69 Å². The first kappa shape index (κ1) is 19.4. The number of halogens is 1. The Hall–Kier alpha value is -2.96. The van der Waals surface area contributed by atoms with Crippen molar-refractivity contribution in [2.24, 2.45) is 0 Å². The van der Waals surface area contributed by atoms with Crippen molar-refractivity contribution in [3.63, 3.8) is 0 Å². The SMILES string of the molecule is CCOC(=O)c1c(C)[nH]c(C(=O)COC(=O)Cc2ccccc2F)c1C. The number of aromatic amines is 1. The summed E-state index contributed by atoms with van der Waals surface area (Å²) in [6.07, 6.45) is -0.267. The van der Waals surface area contributed by atoms with Crippen LogP contribution in [0.2, 0.25) is 0 Å². The number of rotatable bonds is 7. The third kappa shape index (κ3) is 4.36. The molecule has 0 atom stereocenters. The first-order valence-electron chi connectivity index (χ1n) is 8.13. The van der Waals surface area contributed by atoms with Crippen LogP contribution in [-0.4, -0.2) is 35.9 Å². The van der Waals surface area contributed by atoms with E-state index in [9.17, 15) is 18.8 Å². The summed E-state index contributed by atoms with van der Waals surface area (Å²) in [6, 6.07) is 5.85. The van der Waals surface area contributed by atoms with Crippen molar-refractivity contribution in [1.29, 1.82) is 0 Å². The number of esters is 2. The van der Waals surface area contributed by atoms with Crippen LogP contribution in [0.15, 0.2) is 24.3 Å². The molecule has 6 nitrogen and oxygen atoms in total. The summed E-state index contributed by atoms with van der Waals surface area (Å²) in [7, 11) is 0. The molecule has 0 aliphatic carbocycles. The average Bonchev–Trinajstić information content (AvgIpc) is 2.89. The molecule has 1 aromatic heterocycles. The number of aryl methyl sites for hydroxylation is 1. The molecule has 138 valence electrons. The van der Waals surface area contributed by atoms with Gasteiger partial charge in [0.25, 0.3) is 0 Å². The zero-order valence-corrected chi connectivity index (χ0v) is 14.8. The molecule has 1 aromatic carbocycles. The second-order valence-electron chi connectivity index (χ2n) is 5.70. The van der Waals surface area contributed by atoms with Gasteiger partial charge >= 0.3 is 11.9 Å². The van der Waals surface area contributed by atoms with Gasteiger partial charge < -0.3 is 14.5 Å². The van der Waals surface area contributed by atoms with Crippen molar-refractivity contribution in [2.75, 3.05) is 13.2 Å². The van der Waals surface area contributed by atoms with Crippen molar-refractivity contribution < 1.29 is 28.2 Å². The summed E-state index contributed by atoms with van der Waals surface area (Å²) < 4.78 is 23.4. The predicted octanol–water partition coefficient (Wildman–Crippen LogP) is 2.92. The lowest BCUT2D eigenvalue weighted by Gasteiger charge is -2.05. The fraction of sp³-hybridized carbons (Fsp3) is 0.316. The van der Waals surface area contributed by atoms with Gasteiger partial charge in [-0.1, -0.05) is 18.2 Å².